The number of amides is 1. The maximum absolute atomic E-state index is 10.4. The summed E-state index contributed by atoms with van der Waals surface area (Å²) in [6.45, 7) is 0.162. The van der Waals surface area contributed by atoms with Crippen LogP contribution in [0.2, 0.25) is 0 Å². The van der Waals surface area contributed by atoms with Crippen LogP contribution in [-0.4, -0.2) is 18.2 Å². The molecular weight excluding hydrogens is 110 g/mol. The molecule has 8 heavy (non-hydrogen) atoms. The quantitative estimate of drug-likeness (QED) is 0.293. The number of nitrogens with one attached hydrogen (secondary N) is 1. The van der Waals surface area contributed by atoms with Gasteiger partial charge < -0.3 is 5.84 Å². The van der Waals surface area contributed by atoms with Gasteiger partial charge in [0, 0.05) is 0 Å². The van der Waals surface area contributed by atoms with E-state index in [1.165, 1.54) is 0 Å². The summed E-state index contributed by atoms with van der Waals surface area (Å²) in [4.78, 5) is 14.8. The number of nitrogens with zero attached hydrogens (tertiary/aromatic N) is 1. The van der Waals surface area contributed by atoms with Crippen LogP contribution in [0.1, 0.15) is 0 Å². The van der Waals surface area contributed by atoms with Gasteiger partial charge >= 0.3 is 0 Å². The highest BCUT2D eigenvalue weighted by atomic mass is 16.7. The molecule has 44 valence electrons. The molecule has 1 fully saturated rings. The Bertz CT molecular complexity index is 141. The molecule has 1 amide bonds. The summed E-state index contributed by atoms with van der Waals surface area (Å²) in [6.07, 6.45) is 0. The molecule has 0 aromatic rings. The molecule has 0 atom stereocenters. The van der Waals surface area contributed by atoms with Gasteiger partial charge in [-0.05, 0) is 0 Å². The number of carbonyl (C=O) groups excluding carboxylic acids is 1. The van der Waals surface area contributed by atoms with E-state index in [0.29, 0.717) is 0 Å². The van der Waals surface area contributed by atoms with Crippen LogP contribution in [-0.2, 0) is 9.63 Å². The molecule has 5 heteroatoms. The van der Waals surface area contributed by atoms with Crippen LogP contribution < -0.4 is 11.3 Å². The first-order valence-corrected chi connectivity index (χ1v) is 2.03. The van der Waals surface area contributed by atoms with Crippen LogP contribution in [0.25, 0.3) is 0 Å². The SMILES string of the molecule is NN=C1CONC1=O. The van der Waals surface area contributed by atoms with Gasteiger partial charge in [-0.1, -0.05) is 0 Å². The largest absolute Gasteiger partial charge is 0.323 e. The lowest BCUT2D eigenvalue weighted by molar-refractivity contribution is -0.120. The van der Waals surface area contributed by atoms with E-state index in [2.05, 4.69) is 15.4 Å². The van der Waals surface area contributed by atoms with Gasteiger partial charge in [0.2, 0.25) is 0 Å². The molecule has 1 aliphatic heterocycles. The second-order valence-corrected chi connectivity index (χ2v) is 1.30. The minimum atomic E-state index is -0.354. The fraction of sp³-hybridized carbons (Fsp3) is 0.333. The molecule has 1 saturated heterocycles. The zero-order valence-electron chi connectivity index (χ0n) is 4.05. The Morgan fingerprint density at radius 3 is 2.88 bits per heavy atom. The van der Waals surface area contributed by atoms with Crippen LogP contribution in [0, 0.1) is 0 Å². The lowest BCUT2D eigenvalue weighted by atomic mass is 10.4. The average Bonchev–Trinajstić information content (AvgIpc) is 2.14. The van der Waals surface area contributed by atoms with Crippen molar-refractivity contribution < 1.29 is 9.63 Å². The molecule has 0 aromatic heterocycles. The van der Waals surface area contributed by atoms with E-state index in [4.69, 9.17) is 5.84 Å². The van der Waals surface area contributed by atoms with Gasteiger partial charge in [-0.2, -0.15) is 5.10 Å². The van der Waals surface area contributed by atoms with Crippen LogP contribution >= 0.6 is 0 Å². The molecule has 0 aliphatic carbocycles. The number of nitrogens with two attached hydrogens (primary N) is 1. The Morgan fingerprint density at radius 2 is 2.62 bits per heavy atom. The zero-order chi connectivity index (χ0) is 5.98. The number of hydrazone groups is 1. The standard InChI is InChI=1S/C3H5N3O2/c4-5-2-1-8-6-3(2)7/h1,4H2,(H,6,7). The Kier molecular flexibility index (Phi) is 1.13. The maximum atomic E-state index is 10.4. The second-order valence-electron chi connectivity index (χ2n) is 1.30. The third kappa shape index (κ3) is 0.627. The summed E-state index contributed by atoms with van der Waals surface area (Å²) in [6, 6.07) is 0. The Labute approximate surface area is 45.4 Å². The maximum Gasteiger partial charge on any atom is 0.293 e. The summed E-state index contributed by atoms with van der Waals surface area (Å²) in [5.74, 6) is 4.42. The first-order chi connectivity index (χ1) is 3.84. The zero-order valence-corrected chi connectivity index (χ0v) is 4.05. The molecule has 0 radical (unpaired) electrons. The highest BCUT2D eigenvalue weighted by molar-refractivity contribution is 6.40. The van der Waals surface area contributed by atoms with Gasteiger partial charge in [0.15, 0.2) is 5.71 Å². The lowest BCUT2D eigenvalue weighted by Gasteiger charge is -1.81. The molecule has 0 bridgehead atoms. The van der Waals surface area contributed by atoms with E-state index in [1.807, 2.05) is 0 Å². The molecule has 0 aromatic carbocycles. The minimum absolute atomic E-state index is 0.162. The average molecular weight is 115 g/mol. The third-order valence-corrected chi connectivity index (χ3v) is 0.792. The van der Waals surface area contributed by atoms with Crippen molar-refractivity contribution in [2.45, 2.75) is 0 Å². The van der Waals surface area contributed by atoms with Crippen molar-refractivity contribution in [1.82, 2.24) is 5.48 Å². The molecule has 0 unspecified atom stereocenters. The van der Waals surface area contributed by atoms with E-state index in [0.717, 1.165) is 0 Å². The third-order valence-electron chi connectivity index (χ3n) is 0.792. The second kappa shape index (κ2) is 1.79. The van der Waals surface area contributed by atoms with Gasteiger partial charge in [-0.25, -0.2) is 5.48 Å². The Hall–Kier alpha value is -1.10. The van der Waals surface area contributed by atoms with Gasteiger partial charge in [-0.15, -0.1) is 0 Å². The number of rotatable bonds is 0. The van der Waals surface area contributed by atoms with Crippen molar-refractivity contribution >= 4 is 11.6 Å². The first-order valence-electron chi connectivity index (χ1n) is 2.03. The highest BCUT2D eigenvalue weighted by Crippen LogP contribution is 1.86. The first kappa shape index (κ1) is 5.04. The lowest BCUT2D eigenvalue weighted by Crippen LogP contribution is -2.19. The molecule has 1 aliphatic rings. The van der Waals surface area contributed by atoms with E-state index in [9.17, 15) is 4.79 Å². The minimum Gasteiger partial charge on any atom is -0.323 e. The van der Waals surface area contributed by atoms with Gasteiger partial charge in [0.05, 0.1) is 0 Å². The predicted molar refractivity (Wildman–Crippen MR) is 25.7 cm³/mol. The molecular formula is C3H5N3O2. The van der Waals surface area contributed by atoms with E-state index in [1.54, 1.807) is 0 Å². The number of carbonyl (C=O) groups is 1. The highest BCUT2D eigenvalue weighted by Gasteiger charge is 2.18. The van der Waals surface area contributed by atoms with Crippen LogP contribution in [0.5, 0.6) is 0 Å². The number of hydrogen-bond donors (Lipinski definition) is 2. The fourth-order valence-corrected chi connectivity index (χ4v) is 0.390. The normalized spacial score (nSPS) is 24.0. The molecule has 5 nitrogen and oxygen atoms in total. The monoisotopic (exact) mass is 115 g/mol. The van der Waals surface area contributed by atoms with Crippen molar-refractivity contribution in [2.75, 3.05) is 6.61 Å². The number of hydroxylamine groups is 1. The van der Waals surface area contributed by atoms with E-state index in [-0.39, 0.29) is 18.2 Å². The number of hydrogen-bond acceptors (Lipinski definition) is 4. The Balaban J connectivity index is 2.69. The van der Waals surface area contributed by atoms with Crippen molar-refractivity contribution in [2.24, 2.45) is 10.9 Å². The van der Waals surface area contributed by atoms with Crippen LogP contribution in [0.4, 0.5) is 0 Å². The molecule has 3 N–H and O–H groups in total. The summed E-state index contributed by atoms with van der Waals surface area (Å²) < 4.78 is 0. The molecule has 0 saturated carbocycles. The van der Waals surface area contributed by atoms with Gasteiger partial charge in [0.25, 0.3) is 5.91 Å². The van der Waals surface area contributed by atoms with Gasteiger partial charge in [0.1, 0.15) is 6.61 Å². The summed E-state index contributed by atoms with van der Waals surface area (Å²) in [5.41, 5.74) is 2.30. The summed E-state index contributed by atoms with van der Waals surface area (Å²) >= 11 is 0. The predicted octanol–water partition coefficient (Wildman–Crippen LogP) is -1.64. The smallest absolute Gasteiger partial charge is 0.293 e. The summed E-state index contributed by atoms with van der Waals surface area (Å²) in [7, 11) is 0. The molecule has 1 heterocycles. The molecule has 0 spiro atoms. The van der Waals surface area contributed by atoms with Crippen molar-refractivity contribution in [1.29, 1.82) is 0 Å². The van der Waals surface area contributed by atoms with Crippen LogP contribution in [0.15, 0.2) is 5.10 Å². The molecule has 1 rings (SSSR count). The Morgan fingerprint density at radius 1 is 1.88 bits per heavy atom. The van der Waals surface area contributed by atoms with Crippen molar-refractivity contribution in [3.63, 3.8) is 0 Å². The summed E-state index contributed by atoms with van der Waals surface area (Å²) in [5, 5.41) is 3.15. The van der Waals surface area contributed by atoms with E-state index >= 15 is 0 Å². The van der Waals surface area contributed by atoms with E-state index < -0.39 is 0 Å². The van der Waals surface area contributed by atoms with Crippen LogP contribution in [0.3, 0.4) is 0 Å². The van der Waals surface area contributed by atoms with Gasteiger partial charge in [-0.3, -0.25) is 9.63 Å². The van der Waals surface area contributed by atoms with Crippen molar-refractivity contribution in [3.05, 3.63) is 0 Å². The fourth-order valence-electron chi connectivity index (χ4n) is 0.390. The topological polar surface area (TPSA) is 76.7 Å². The van der Waals surface area contributed by atoms with Crippen molar-refractivity contribution in [3.8, 4) is 0 Å².